The van der Waals surface area contributed by atoms with Gasteiger partial charge in [-0.25, -0.2) is 0 Å². The first-order valence-electron chi connectivity index (χ1n) is 5.04. The van der Waals surface area contributed by atoms with Gasteiger partial charge in [0.15, 0.2) is 0 Å². The molecule has 0 saturated heterocycles. The van der Waals surface area contributed by atoms with E-state index in [4.69, 9.17) is 4.74 Å². The Morgan fingerprint density at radius 1 is 1.62 bits per heavy atom. The molecule has 5 nitrogen and oxygen atoms in total. The predicted molar refractivity (Wildman–Crippen MR) is 59.4 cm³/mol. The maximum absolute atomic E-state index is 11.9. The summed E-state index contributed by atoms with van der Waals surface area (Å²) < 4.78 is 4.90. The minimum Gasteiger partial charge on any atom is -0.505 e. The van der Waals surface area contributed by atoms with E-state index in [2.05, 4.69) is 4.98 Å². The molecule has 0 radical (unpaired) electrons. The molecular formula is C11H16N2O3. The Bertz CT molecular complexity index is 355. The summed E-state index contributed by atoms with van der Waals surface area (Å²) >= 11 is 0. The van der Waals surface area contributed by atoms with Crippen LogP contribution in [0.15, 0.2) is 18.5 Å². The minimum absolute atomic E-state index is 0.0916. The molecule has 0 bridgehead atoms. The topological polar surface area (TPSA) is 62.7 Å². The Morgan fingerprint density at radius 3 is 3.00 bits per heavy atom. The monoisotopic (exact) mass is 224 g/mol. The fourth-order valence-corrected chi connectivity index (χ4v) is 1.32. The first-order valence-corrected chi connectivity index (χ1v) is 5.04. The zero-order valence-corrected chi connectivity index (χ0v) is 9.51. The fourth-order valence-electron chi connectivity index (χ4n) is 1.32. The number of hydrogen-bond acceptors (Lipinski definition) is 4. The van der Waals surface area contributed by atoms with Crippen molar-refractivity contribution in [2.24, 2.45) is 0 Å². The van der Waals surface area contributed by atoms with Gasteiger partial charge in [0.2, 0.25) is 0 Å². The van der Waals surface area contributed by atoms with Gasteiger partial charge in [0, 0.05) is 33.5 Å². The zero-order valence-electron chi connectivity index (χ0n) is 9.51. The second kappa shape index (κ2) is 6.07. The third-order valence-corrected chi connectivity index (χ3v) is 2.22. The molecular weight excluding hydrogens is 208 g/mol. The van der Waals surface area contributed by atoms with Crippen LogP contribution in [-0.4, -0.2) is 48.2 Å². The number of aromatic hydroxyl groups is 1. The predicted octanol–water partition coefficient (Wildman–Crippen LogP) is 0.896. The van der Waals surface area contributed by atoms with Crippen molar-refractivity contribution < 1.29 is 14.6 Å². The van der Waals surface area contributed by atoms with Crippen molar-refractivity contribution >= 4 is 5.91 Å². The molecule has 1 aromatic heterocycles. The summed E-state index contributed by atoms with van der Waals surface area (Å²) in [5.74, 6) is -0.304. The SMILES string of the molecule is COCCCN(C)C(=O)c1ccncc1O. The smallest absolute Gasteiger partial charge is 0.257 e. The van der Waals surface area contributed by atoms with Gasteiger partial charge >= 0.3 is 0 Å². The Balaban J connectivity index is 2.60. The molecule has 1 N–H and O–H groups in total. The van der Waals surface area contributed by atoms with Gasteiger partial charge in [-0.3, -0.25) is 9.78 Å². The molecule has 0 aromatic carbocycles. The van der Waals surface area contributed by atoms with Crippen molar-refractivity contribution in [1.82, 2.24) is 9.88 Å². The number of nitrogens with zero attached hydrogens (tertiary/aromatic N) is 2. The number of rotatable bonds is 5. The van der Waals surface area contributed by atoms with Crippen LogP contribution >= 0.6 is 0 Å². The highest BCUT2D eigenvalue weighted by molar-refractivity contribution is 5.96. The molecule has 1 rings (SSSR count). The highest BCUT2D eigenvalue weighted by atomic mass is 16.5. The van der Waals surface area contributed by atoms with Gasteiger partial charge in [0.05, 0.1) is 11.8 Å². The van der Waals surface area contributed by atoms with E-state index in [0.717, 1.165) is 6.42 Å². The maximum Gasteiger partial charge on any atom is 0.257 e. The quantitative estimate of drug-likeness (QED) is 0.755. The summed E-state index contributed by atoms with van der Waals surface area (Å²) in [6.45, 7) is 1.20. The van der Waals surface area contributed by atoms with E-state index in [1.165, 1.54) is 18.5 Å². The molecule has 0 fully saturated rings. The molecule has 1 heterocycles. The normalized spacial score (nSPS) is 10.1. The van der Waals surface area contributed by atoms with Crippen LogP contribution in [0.5, 0.6) is 5.75 Å². The number of pyridine rings is 1. The molecule has 0 aliphatic rings. The summed E-state index contributed by atoms with van der Waals surface area (Å²) in [7, 11) is 3.31. The van der Waals surface area contributed by atoms with Crippen LogP contribution in [0.25, 0.3) is 0 Å². The lowest BCUT2D eigenvalue weighted by Crippen LogP contribution is -2.28. The van der Waals surface area contributed by atoms with E-state index in [0.29, 0.717) is 13.2 Å². The van der Waals surface area contributed by atoms with Gasteiger partial charge in [-0.15, -0.1) is 0 Å². The number of carbonyl (C=O) groups is 1. The first-order chi connectivity index (χ1) is 7.66. The summed E-state index contributed by atoms with van der Waals surface area (Å²) in [5.41, 5.74) is 0.273. The number of aromatic nitrogens is 1. The lowest BCUT2D eigenvalue weighted by atomic mass is 10.2. The van der Waals surface area contributed by atoms with Gasteiger partial charge in [-0.05, 0) is 12.5 Å². The molecule has 5 heteroatoms. The number of amides is 1. The van der Waals surface area contributed by atoms with Crippen LogP contribution in [0, 0.1) is 0 Å². The number of hydrogen-bond donors (Lipinski definition) is 1. The van der Waals surface area contributed by atoms with Gasteiger partial charge in [-0.1, -0.05) is 0 Å². The van der Waals surface area contributed by atoms with Crippen molar-refractivity contribution in [2.75, 3.05) is 27.3 Å². The Hall–Kier alpha value is -1.62. The summed E-state index contributed by atoms with van der Waals surface area (Å²) in [6.07, 6.45) is 3.51. The van der Waals surface area contributed by atoms with Crippen molar-refractivity contribution in [3.8, 4) is 5.75 Å². The molecule has 0 atom stereocenters. The largest absolute Gasteiger partial charge is 0.505 e. The summed E-state index contributed by atoms with van der Waals surface area (Å²) in [6, 6.07) is 1.50. The first kappa shape index (κ1) is 12.4. The van der Waals surface area contributed by atoms with Gasteiger partial charge in [0.1, 0.15) is 5.75 Å². The Labute approximate surface area is 94.7 Å². The molecule has 16 heavy (non-hydrogen) atoms. The van der Waals surface area contributed by atoms with Crippen LogP contribution in [0.4, 0.5) is 0 Å². The molecule has 1 amide bonds. The third kappa shape index (κ3) is 3.20. The molecule has 0 aliphatic heterocycles. The van der Waals surface area contributed by atoms with Crippen molar-refractivity contribution in [3.05, 3.63) is 24.0 Å². The highest BCUT2D eigenvalue weighted by Gasteiger charge is 2.14. The summed E-state index contributed by atoms with van der Waals surface area (Å²) in [5, 5.41) is 9.47. The van der Waals surface area contributed by atoms with Crippen LogP contribution < -0.4 is 0 Å². The average molecular weight is 224 g/mol. The Kier molecular flexibility index (Phi) is 4.72. The van der Waals surface area contributed by atoms with Crippen molar-refractivity contribution in [3.63, 3.8) is 0 Å². The van der Waals surface area contributed by atoms with Crippen LogP contribution in [0.1, 0.15) is 16.8 Å². The van der Waals surface area contributed by atoms with Gasteiger partial charge in [-0.2, -0.15) is 0 Å². The van der Waals surface area contributed by atoms with E-state index < -0.39 is 0 Å². The molecule has 0 unspecified atom stereocenters. The average Bonchev–Trinajstić information content (AvgIpc) is 2.29. The zero-order chi connectivity index (χ0) is 12.0. The van der Waals surface area contributed by atoms with E-state index in [1.807, 2.05) is 0 Å². The van der Waals surface area contributed by atoms with Gasteiger partial charge < -0.3 is 14.7 Å². The van der Waals surface area contributed by atoms with E-state index in [9.17, 15) is 9.90 Å². The number of ether oxygens (including phenoxy) is 1. The minimum atomic E-state index is -0.212. The van der Waals surface area contributed by atoms with Crippen molar-refractivity contribution in [1.29, 1.82) is 0 Å². The molecule has 0 aliphatic carbocycles. The molecule has 0 saturated carbocycles. The highest BCUT2D eigenvalue weighted by Crippen LogP contribution is 2.15. The second-order valence-electron chi connectivity index (χ2n) is 3.47. The maximum atomic E-state index is 11.9. The van der Waals surface area contributed by atoms with Crippen LogP contribution in [0.2, 0.25) is 0 Å². The van der Waals surface area contributed by atoms with E-state index >= 15 is 0 Å². The van der Waals surface area contributed by atoms with E-state index in [1.54, 1.807) is 19.1 Å². The summed E-state index contributed by atoms with van der Waals surface area (Å²) in [4.78, 5) is 17.1. The second-order valence-corrected chi connectivity index (χ2v) is 3.47. The van der Waals surface area contributed by atoms with Gasteiger partial charge in [0.25, 0.3) is 5.91 Å². The molecule has 88 valence electrons. The third-order valence-electron chi connectivity index (χ3n) is 2.22. The van der Waals surface area contributed by atoms with Crippen LogP contribution in [-0.2, 0) is 4.74 Å². The fraction of sp³-hybridized carbons (Fsp3) is 0.455. The number of methoxy groups -OCH3 is 1. The van der Waals surface area contributed by atoms with Crippen molar-refractivity contribution in [2.45, 2.75) is 6.42 Å². The standard InChI is InChI=1S/C11H16N2O3/c1-13(6-3-7-16-2)11(15)9-4-5-12-8-10(9)14/h4-5,8,14H,3,6-7H2,1-2H3. The van der Waals surface area contributed by atoms with E-state index in [-0.39, 0.29) is 17.2 Å². The number of carbonyl (C=O) groups excluding carboxylic acids is 1. The molecule has 1 aromatic rings. The lowest BCUT2D eigenvalue weighted by Gasteiger charge is -2.17. The Morgan fingerprint density at radius 2 is 2.38 bits per heavy atom. The molecule has 0 spiro atoms. The van der Waals surface area contributed by atoms with Crippen LogP contribution in [0.3, 0.4) is 0 Å². The lowest BCUT2D eigenvalue weighted by molar-refractivity contribution is 0.0776.